The Bertz CT molecular complexity index is 397. The summed E-state index contributed by atoms with van der Waals surface area (Å²) in [4.78, 5) is 37.0. The van der Waals surface area contributed by atoms with Crippen LogP contribution < -0.4 is 5.32 Å². The number of carbonyl (C=O) groups excluding carboxylic acids is 3. The van der Waals surface area contributed by atoms with Crippen molar-refractivity contribution in [2.24, 2.45) is 5.92 Å². The van der Waals surface area contributed by atoms with Gasteiger partial charge in [0.15, 0.2) is 0 Å². The fourth-order valence-corrected chi connectivity index (χ4v) is 2.82. The van der Waals surface area contributed by atoms with Gasteiger partial charge in [0.1, 0.15) is 6.04 Å². The van der Waals surface area contributed by atoms with E-state index in [0.29, 0.717) is 32.4 Å². The fraction of sp³-hybridized carbons (Fsp3) is 0.786. The van der Waals surface area contributed by atoms with Crippen LogP contribution in [-0.2, 0) is 19.1 Å². The molecule has 1 saturated heterocycles. The lowest BCUT2D eigenvalue weighted by molar-refractivity contribution is -0.146. The summed E-state index contributed by atoms with van der Waals surface area (Å²) < 4.78 is 9.44. The van der Waals surface area contributed by atoms with Gasteiger partial charge in [-0.3, -0.25) is 4.79 Å². The summed E-state index contributed by atoms with van der Waals surface area (Å²) in [6.07, 6.45) is 3.62. The topological polar surface area (TPSA) is 84.9 Å². The smallest absolute Gasteiger partial charge is 0.328 e. The fourth-order valence-electron chi connectivity index (χ4n) is 2.35. The van der Waals surface area contributed by atoms with Gasteiger partial charge in [-0.05, 0) is 31.3 Å². The van der Waals surface area contributed by atoms with Gasteiger partial charge in [0.25, 0.3) is 0 Å². The van der Waals surface area contributed by atoms with Crippen molar-refractivity contribution in [1.29, 1.82) is 0 Å². The molecule has 7 nitrogen and oxygen atoms in total. The average Bonchev–Trinajstić information content (AvgIpc) is 2.56. The average molecular weight is 332 g/mol. The van der Waals surface area contributed by atoms with Crippen LogP contribution in [0.2, 0.25) is 0 Å². The zero-order valence-electron chi connectivity index (χ0n) is 13.3. The van der Waals surface area contributed by atoms with Crippen molar-refractivity contribution in [3.63, 3.8) is 0 Å². The van der Waals surface area contributed by atoms with Gasteiger partial charge in [-0.15, -0.1) is 0 Å². The van der Waals surface area contributed by atoms with Gasteiger partial charge in [-0.1, -0.05) is 0 Å². The van der Waals surface area contributed by atoms with E-state index < -0.39 is 12.0 Å². The first-order valence-corrected chi connectivity index (χ1v) is 8.62. The molecule has 8 heteroatoms. The second kappa shape index (κ2) is 9.55. The van der Waals surface area contributed by atoms with Crippen molar-refractivity contribution in [3.05, 3.63) is 0 Å². The number of likely N-dealkylation sites (tertiary alicyclic amines) is 1. The summed E-state index contributed by atoms with van der Waals surface area (Å²) in [6, 6.07) is -0.928. The van der Waals surface area contributed by atoms with Gasteiger partial charge in [-0.25, -0.2) is 9.59 Å². The lowest BCUT2D eigenvalue weighted by Crippen LogP contribution is -2.51. The lowest BCUT2D eigenvalue weighted by atomic mass is 9.97. The summed E-state index contributed by atoms with van der Waals surface area (Å²) in [5, 5.41) is 2.71. The van der Waals surface area contributed by atoms with Crippen molar-refractivity contribution in [1.82, 2.24) is 10.2 Å². The van der Waals surface area contributed by atoms with Crippen molar-refractivity contribution < 1.29 is 23.9 Å². The SMILES string of the molecule is COC(=O)C1CCN(C(=O)N[C@@H](CCSC)C(=O)OC)CC1. The second-order valence-electron chi connectivity index (χ2n) is 5.09. The minimum atomic E-state index is -0.636. The van der Waals surface area contributed by atoms with Gasteiger partial charge in [0.2, 0.25) is 0 Å². The Labute approximate surface area is 135 Å². The number of amides is 2. The number of nitrogens with zero attached hydrogens (tertiary/aromatic N) is 1. The normalized spacial score (nSPS) is 16.8. The molecule has 126 valence electrons. The molecule has 0 unspecified atom stereocenters. The molecular weight excluding hydrogens is 308 g/mol. The van der Waals surface area contributed by atoms with E-state index in [0.717, 1.165) is 5.75 Å². The molecule has 0 radical (unpaired) electrons. The maximum atomic E-state index is 12.2. The Hall–Kier alpha value is -1.44. The molecule has 1 N–H and O–H groups in total. The highest BCUT2D eigenvalue weighted by Crippen LogP contribution is 2.18. The highest BCUT2D eigenvalue weighted by Gasteiger charge is 2.30. The molecule has 22 heavy (non-hydrogen) atoms. The molecule has 1 aliphatic rings. The van der Waals surface area contributed by atoms with E-state index in [1.165, 1.54) is 14.2 Å². The van der Waals surface area contributed by atoms with Crippen molar-refractivity contribution in [3.8, 4) is 0 Å². The molecule has 1 heterocycles. The zero-order chi connectivity index (χ0) is 16.5. The monoisotopic (exact) mass is 332 g/mol. The van der Waals surface area contributed by atoms with E-state index in [4.69, 9.17) is 9.47 Å². The standard InChI is InChI=1S/C14H24N2O5S/c1-20-12(17)10-4-7-16(8-5-10)14(19)15-11(6-9-22-3)13(18)21-2/h10-11H,4-9H2,1-3H3,(H,15,19)/t11-/m0/s1. The maximum Gasteiger partial charge on any atom is 0.328 e. The number of urea groups is 1. The third kappa shape index (κ3) is 5.40. The Kier molecular flexibility index (Phi) is 8.08. The first kappa shape index (κ1) is 18.6. The molecule has 0 aliphatic carbocycles. The number of carbonyl (C=O) groups is 3. The number of hydrogen-bond donors (Lipinski definition) is 1. The Balaban J connectivity index is 2.49. The van der Waals surface area contributed by atoms with E-state index in [9.17, 15) is 14.4 Å². The number of esters is 2. The number of piperidine rings is 1. The molecule has 1 rings (SSSR count). The molecule has 2 amide bonds. The predicted molar refractivity (Wildman–Crippen MR) is 83.6 cm³/mol. The van der Waals surface area contributed by atoms with E-state index in [1.54, 1.807) is 16.7 Å². The largest absolute Gasteiger partial charge is 0.469 e. The van der Waals surface area contributed by atoms with Crippen LogP contribution in [0.4, 0.5) is 4.79 Å². The number of methoxy groups -OCH3 is 2. The molecule has 0 saturated carbocycles. The molecule has 0 spiro atoms. The molecule has 0 aromatic heterocycles. The van der Waals surface area contributed by atoms with Crippen molar-refractivity contribution in [2.45, 2.75) is 25.3 Å². The molecule has 0 bridgehead atoms. The highest BCUT2D eigenvalue weighted by atomic mass is 32.2. The van der Waals surface area contributed by atoms with Crippen LogP contribution >= 0.6 is 11.8 Å². The molecule has 1 atom stereocenters. The second-order valence-corrected chi connectivity index (χ2v) is 6.08. The first-order valence-electron chi connectivity index (χ1n) is 7.23. The van der Waals surface area contributed by atoms with Gasteiger partial charge in [0.05, 0.1) is 20.1 Å². The lowest BCUT2D eigenvalue weighted by Gasteiger charge is -2.31. The number of nitrogens with one attached hydrogen (secondary N) is 1. The number of thioether (sulfide) groups is 1. The summed E-state index contributed by atoms with van der Waals surface area (Å²) in [7, 11) is 2.68. The highest BCUT2D eigenvalue weighted by molar-refractivity contribution is 7.98. The quantitative estimate of drug-likeness (QED) is 0.727. The number of hydrogen-bond acceptors (Lipinski definition) is 6. The number of rotatable bonds is 6. The maximum absolute atomic E-state index is 12.2. The van der Waals surface area contributed by atoms with E-state index in [1.807, 2.05) is 6.26 Å². The van der Waals surface area contributed by atoms with Crippen molar-refractivity contribution in [2.75, 3.05) is 39.3 Å². The summed E-state index contributed by atoms with van der Waals surface area (Å²) >= 11 is 1.60. The number of ether oxygens (including phenoxy) is 2. The van der Waals surface area contributed by atoms with Crippen LogP contribution in [0.5, 0.6) is 0 Å². The minimum absolute atomic E-state index is 0.151. The van der Waals surface area contributed by atoms with Crippen LogP contribution in [-0.4, -0.2) is 68.2 Å². The predicted octanol–water partition coefficient (Wildman–Crippen LogP) is 0.876. The Morgan fingerprint density at radius 1 is 1.23 bits per heavy atom. The first-order chi connectivity index (χ1) is 10.5. The van der Waals surface area contributed by atoms with Gasteiger partial charge in [0, 0.05) is 13.1 Å². The molecule has 1 fully saturated rings. The minimum Gasteiger partial charge on any atom is -0.469 e. The summed E-state index contributed by atoms with van der Waals surface area (Å²) in [5.74, 6) is -0.0639. The van der Waals surface area contributed by atoms with E-state index in [-0.39, 0.29) is 17.9 Å². The third-order valence-corrected chi connectivity index (χ3v) is 4.35. The van der Waals surface area contributed by atoms with Gasteiger partial charge < -0.3 is 19.7 Å². The van der Waals surface area contributed by atoms with Crippen LogP contribution in [0.25, 0.3) is 0 Å². The van der Waals surface area contributed by atoms with Crippen LogP contribution in [0, 0.1) is 5.92 Å². The van der Waals surface area contributed by atoms with Crippen molar-refractivity contribution >= 4 is 29.7 Å². The van der Waals surface area contributed by atoms with E-state index >= 15 is 0 Å². The van der Waals surface area contributed by atoms with Crippen LogP contribution in [0.3, 0.4) is 0 Å². The summed E-state index contributed by atoms with van der Waals surface area (Å²) in [6.45, 7) is 0.948. The molecule has 0 aromatic rings. The van der Waals surface area contributed by atoms with Crippen LogP contribution in [0.15, 0.2) is 0 Å². The van der Waals surface area contributed by atoms with Gasteiger partial charge in [-0.2, -0.15) is 11.8 Å². The third-order valence-electron chi connectivity index (χ3n) is 3.71. The molecule has 0 aromatic carbocycles. The van der Waals surface area contributed by atoms with Crippen LogP contribution in [0.1, 0.15) is 19.3 Å². The molecular formula is C14H24N2O5S. The summed E-state index contributed by atoms with van der Waals surface area (Å²) in [5.41, 5.74) is 0. The Morgan fingerprint density at radius 2 is 1.86 bits per heavy atom. The van der Waals surface area contributed by atoms with Gasteiger partial charge >= 0.3 is 18.0 Å². The van der Waals surface area contributed by atoms with E-state index in [2.05, 4.69) is 5.32 Å². The molecule has 1 aliphatic heterocycles. The zero-order valence-corrected chi connectivity index (χ0v) is 14.1. The Morgan fingerprint density at radius 3 is 2.36 bits per heavy atom.